The fourth-order valence-electron chi connectivity index (χ4n) is 4.05. The van der Waals surface area contributed by atoms with Crippen LogP contribution in [0.3, 0.4) is 0 Å². The predicted molar refractivity (Wildman–Crippen MR) is 121 cm³/mol. The van der Waals surface area contributed by atoms with Crippen LogP contribution >= 0.6 is 0 Å². The number of nitrogens with zero attached hydrogens (tertiary/aromatic N) is 2. The lowest BCUT2D eigenvalue weighted by Crippen LogP contribution is -2.31. The van der Waals surface area contributed by atoms with Crippen molar-refractivity contribution in [3.05, 3.63) is 78.1 Å². The highest BCUT2D eigenvalue weighted by Crippen LogP contribution is 2.35. The molecule has 2 unspecified atom stereocenters. The first-order valence-corrected chi connectivity index (χ1v) is 11.0. The maximum Gasteiger partial charge on any atom is 0.309 e. The maximum atomic E-state index is 13.6. The molecule has 4 rings (SSSR count). The highest BCUT2D eigenvalue weighted by atomic mass is 19.1. The molecule has 2 aromatic carbocycles. The minimum Gasteiger partial charge on any atom is -0.458 e. The predicted octanol–water partition coefficient (Wildman–Crippen LogP) is 5.24. The lowest BCUT2D eigenvalue weighted by Gasteiger charge is -2.23. The van der Waals surface area contributed by atoms with Crippen molar-refractivity contribution in [1.29, 1.82) is 0 Å². The summed E-state index contributed by atoms with van der Waals surface area (Å²) in [6, 6.07) is 12.3. The van der Waals surface area contributed by atoms with Gasteiger partial charge in [-0.3, -0.25) is 4.79 Å². The first kappa shape index (κ1) is 22.9. The second-order valence-corrected chi connectivity index (χ2v) is 8.50. The van der Waals surface area contributed by atoms with Crippen molar-refractivity contribution in [2.45, 2.75) is 51.4 Å². The van der Waals surface area contributed by atoms with E-state index in [0.717, 1.165) is 22.6 Å². The van der Waals surface area contributed by atoms with E-state index in [-0.39, 0.29) is 24.0 Å². The molecule has 3 aromatic rings. The van der Waals surface area contributed by atoms with Gasteiger partial charge in [-0.1, -0.05) is 19.9 Å². The molecule has 5 nitrogen and oxygen atoms in total. The van der Waals surface area contributed by atoms with Gasteiger partial charge in [0.15, 0.2) is 0 Å². The van der Waals surface area contributed by atoms with Crippen molar-refractivity contribution in [3.8, 4) is 22.5 Å². The number of hydrogen-bond acceptors (Lipinski definition) is 4. The zero-order chi connectivity index (χ0) is 23.5. The Balaban J connectivity index is 1.77. The molecule has 33 heavy (non-hydrogen) atoms. The Morgan fingerprint density at radius 3 is 2.27 bits per heavy atom. The summed E-state index contributed by atoms with van der Waals surface area (Å²) in [5, 5.41) is 9.84. The first-order chi connectivity index (χ1) is 15.8. The molecule has 0 aliphatic carbocycles. The van der Waals surface area contributed by atoms with Crippen molar-refractivity contribution in [2.24, 2.45) is 0 Å². The number of hydrogen-bond donors (Lipinski definition) is 1. The van der Waals surface area contributed by atoms with Crippen LogP contribution in [0.1, 0.15) is 38.4 Å². The summed E-state index contributed by atoms with van der Waals surface area (Å²) in [4.78, 5) is 16.5. The molecule has 0 bridgehead atoms. The largest absolute Gasteiger partial charge is 0.458 e. The third kappa shape index (κ3) is 5.20. The van der Waals surface area contributed by atoms with Gasteiger partial charge in [0, 0.05) is 30.0 Å². The average molecular weight is 453 g/mol. The number of esters is 1. The Labute approximate surface area is 191 Å². The Kier molecular flexibility index (Phi) is 6.70. The molecule has 1 saturated heterocycles. The number of cyclic esters (lactones) is 1. The molecular weight excluding hydrogens is 426 g/mol. The highest BCUT2D eigenvalue weighted by molar-refractivity contribution is 5.79. The third-order valence-electron chi connectivity index (χ3n) is 5.58. The van der Waals surface area contributed by atoms with E-state index in [0.29, 0.717) is 18.7 Å². The quantitative estimate of drug-likeness (QED) is 0.410. The molecule has 172 valence electrons. The van der Waals surface area contributed by atoms with E-state index in [9.17, 15) is 18.7 Å². The van der Waals surface area contributed by atoms with Gasteiger partial charge in [0.1, 0.15) is 23.6 Å². The first-order valence-electron chi connectivity index (χ1n) is 11.0. The Bertz CT molecular complexity index is 1150. The number of aliphatic hydroxyl groups is 1. The number of ether oxygens (including phenoxy) is 1. The minimum atomic E-state index is -0.708. The molecule has 2 heterocycles. The topological polar surface area (TPSA) is 64.3 Å². The minimum absolute atomic E-state index is 0.0130. The van der Waals surface area contributed by atoms with Crippen LogP contribution in [-0.2, 0) is 16.1 Å². The van der Waals surface area contributed by atoms with Crippen molar-refractivity contribution in [2.75, 3.05) is 0 Å². The van der Waals surface area contributed by atoms with Gasteiger partial charge < -0.3 is 14.4 Å². The number of allylic oxidation sites excluding steroid dienone is 1. The monoisotopic (exact) mass is 452 g/mol. The van der Waals surface area contributed by atoms with Gasteiger partial charge in [-0.2, -0.15) is 0 Å². The van der Waals surface area contributed by atoms with Gasteiger partial charge in [-0.15, -0.1) is 0 Å². The molecular formula is C26H26F2N2O3. The van der Waals surface area contributed by atoms with E-state index < -0.39 is 18.2 Å². The number of carbonyl (C=O) groups excluding carboxylic acids is 1. The number of carbonyl (C=O) groups is 1. The molecule has 1 N–H and O–H groups in total. The molecule has 7 heteroatoms. The number of imidazole rings is 1. The lowest BCUT2D eigenvalue weighted by atomic mass is 10.0. The van der Waals surface area contributed by atoms with Crippen molar-refractivity contribution >= 4 is 5.97 Å². The van der Waals surface area contributed by atoms with E-state index in [4.69, 9.17) is 9.72 Å². The standard InChI is InChI=1S/C26H26F2N2O3/c1-16(2)26-29-24(17-5-9-19(27)10-6-17)25(18-7-11-20(28)12-8-18)30(26)13-3-4-22-14-21(31)15-23(32)33-22/h3-12,16,21-22,31H,13-15H2,1-2H3. The third-order valence-corrected chi connectivity index (χ3v) is 5.58. The smallest absolute Gasteiger partial charge is 0.309 e. The molecule has 0 spiro atoms. The van der Waals surface area contributed by atoms with Crippen LogP contribution in [0.15, 0.2) is 60.7 Å². The molecule has 0 amide bonds. The van der Waals surface area contributed by atoms with Crippen molar-refractivity contribution in [1.82, 2.24) is 9.55 Å². The van der Waals surface area contributed by atoms with Crippen LogP contribution in [0.4, 0.5) is 8.78 Å². The van der Waals surface area contributed by atoms with Gasteiger partial charge in [-0.05, 0) is 54.6 Å². The second kappa shape index (κ2) is 9.67. The summed E-state index contributed by atoms with van der Waals surface area (Å²) in [6.45, 7) is 4.49. The number of aromatic nitrogens is 2. The molecule has 1 aliphatic heterocycles. The Morgan fingerprint density at radius 2 is 1.70 bits per heavy atom. The van der Waals surface area contributed by atoms with E-state index in [2.05, 4.69) is 0 Å². The molecule has 1 fully saturated rings. The Hall–Kier alpha value is -3.32. The summed E-state index contributed by atoms with van der Waals surface area (Å²) in [6.07, 6.45) is 2.83. The van der Waals surface area contributed by atoms with Gasteiger partial charge in [0.2, 0.25) is 0 Å². The van der Waals surface area contributed by atoms with Gasteiger partial charge >= 0.3 is 5.97 Å². The second-order valence-electron chi connectivity index (χ2n) is 8.50. The van der Waals surface area contributed by atoms with Crippen LogP contribution in [0, 0.1) is 11.6 Å². The Morgan fingerprint density at radius 1 is 1.09 bits per heavy atom. The fourth-order valence-corrected chi connectivity index (χ4v) is 4.05. The lowest BCUT2D eigenvalue weighted by molar-refractivity contribution is -0.156. The number of rotatable bonds is 6. The summed E-state index contributed by atoms with van der Waals surface area (Å²) >= 11 is 0. The van der Waals surface area contributed by atoms with Gasteiger partial charge in [0.05, 0.1) is 23.9 Å². The zero-order valence-corrected chi connectivity index (χ0v) is 18.5. The summed E-state index contributed by atoms with van der Waals surface area (Å²) < 4.78 is 34.5. The number of aliphatic hydroxyl groups excluding tert-OH is 1. The number of halogens is 2. The molecule has 1 aliphatic rings. The van der Waals surface area contributed by atoms with Gasteiger partial charge in [0.25, 0.3) is 0 Å². The van der Waals surface area contributed by atoms with E-state index in [1.807, 2.05) is 24.5 Å². The molecule has 2 atom stereocenters. The van der Waals surface area contributed by atoms with Crippen LogP contribution in [-0.4, -0.2) is 32.8 Å². The van der Waals surface area contributed by atoms with Crippen molar-refractivity contribution in [3.63, 3.8) is 0 Å². The van der Waals surface area contributed by atoms with Crippen LogP contribution in [0.5, 0.6) is 0 Å². The number of benzene rings is 2. The average Bonchev–Trinajstić information content (AvgIpc) is 3.14. The zero-order valence-electron chi connectivity index (χ0n) is 18.5. The van der Waals surface area contributed by atoms with Gasteiger partial charge in [-0.25, -0.2) is 13.8 Å². The normalized spacial score (nSPS) is 18.8. The molecule has 0 saturated carbocycles. The summed E-state index contributed by atoms with van der Waals surface area (Å²) in [7, 11) is 0. The molecule has 1 aromatic heterocycles. The highest BCUT2D eigenvalue weighted by Gasteiger charge is 2.26. The maximum absolute atomic E-state index is 13.6. The van der Waals surface area contributed by atoms with Crippen LogP contribution < -0.4 is 0 Å². The SMILES string of the molecule is CC(C)c1nc(-c2ccc(F)cc2)c(-c2ccc(F)cc2)n1CC=CC1CC(O)CC(=O)O1. The van der Waals surface area contributed by atoms with Crippen molar-refractivity contribution < 1.29 is 23.4 Å². The summed E-state index contributed by atoms with van der Waals surface area (Å²) in [5.41, 5.74) is 3.00. The summed E-state index contributed by atoms with van der Waals surface area (Å²) in [5.74, 6) is -0.188. The van der Waals surface area contributed by atoms with E-state index in [1.165, 1.54) is 24.3 Å². The fraction of sp³-hybridized carbons (Fsp3) is 0.308. The van der Waals surface area contributed by atoms with E-state index >= 15 is 0 Å². The molecule has 0 radical (unpaired) electrons. The van der Waals surface area contributed by atoms with Crippen LogP contribution in [0.2, 0.25) is 0 Å². The van der Waals surface area contributed by atoms with E-state index in [1.54, 1.807) is 30.3 Å². The van der Waals surface area contributed by atoms with Crippen LogP contribution in [0.25, 0.3) is 22.5 Å².